The number of alkyl halides is 1. The predicted octanol–water partition coefficient (Wildman–Crippen LogP) is 1.70. The fourth-order valence-corrected chi connectivity index (χ4v) is 2.04. The van der Waals surface area contributed by atoms with Crippen molar-refractivity contribution < 1.29 is 19.0 Å². The maximum Gasteiger partial charge on any atom is 0.343 e. The van der Waals surface area contributed by atoms with Crippen molar-refractivity contribution in [1.82, 2.24) is 0 Å². The molecule has 0 aliphatic carbocycles. The Labute approximate surface area is 98.6 Å². The van der Waals surface area contributed by atoms with E-state index in [1.54, 1.807) is 17.0 Å². The summed E-state index contributed by atoms with van der Waals surface area (Å²) in [6.07, 6.45) is 0.000379. The van der Waals surface area contributed by atoms with Crippen LogP contribution in [-0.2, 0) is 4.79 Å². The zero-order valence-electron chi connectivity index (χ0n) is 9.52. The third kappa shape index (κ3) is 2.05. The Morgan fingerprint density at radius 2 is 2.24 bits per heavy atom. The Kier molecular flexibility index (Phi) is 2.92. The van der Waals surface area contributed by atoms with Crippen LogP contribution < -0.4 is 9.64 Å². The zero-order valence-corrected chi connectivity index (χ0v) is 9.52. The van der Waals surface area contributed by atoms with Gasteiger partial charge in [0.25, 0.3) is 0 Å². The minimum absolute atomic E-state index is 0.000379. The average molecular weight is 239 g/mol. The van der Waals surface area contributed by atoms with Crippen molar-refractivity contribution in [3.63, 3.8) is 0 Å². The molecule has 1 aliphatic rings. The molecular weight excluding hydrogens is 225 g/mol. The SMILES string of the molecule is COc1ccccc1N1CCC(F)(C(=O)O)C1. The van der Waals surface area contributed by atoms with Crippen LogP contribution in [0.2, 0.25) is 0 Å². The molecule has 2 rings (SSSR count). The Balaban J connectivity index is 2.23. The van der Waals surface area contributed by atoms with E-state index in [4.69, 9.17) is 9.84 Å². The number of benzene rings is 1. The maximum atomic E-state index is 13.9. The van der Waals surface area contributed by atoms with Crippen LogP contribution in [0.3, 0.4) is 0 Å². The molecule has 92 valence electrons. The van der Waals surface area contributed by atoms with Gasteiger partial charge in [0.1, 0.15) is 5.75 Å². The topological polar surface area (TPSA) is 49.8 Å². The third-order valence-corrected chi connectivity index (χ3v) is 3.03. The molecule has 4 nitrogen and oxygen atoms in total. The summed E-state index contributed by atoms with van der Waals surface area (Å²) in [5, 5.41) is 8.83. The molecule has 0 spiro atoms. The molecule has 1 unspecified atom stereocenters. The number of aliphatic carboxylic acids is 1. The summed E-state index contributed by atoms with van der Waals surface area (Å²) in [5.74, 6) is -0.767. The van der Waals surface area contributed by atoms with Gasteiger partial charge in [-0.2, -0.15) is 0 Å². The van der Waals surface area contributed by atoms with Crippen molar-refractivity contribution in [3.05, 3.63) is 24.3 Å². The van der Waals surface area contributed by atoms with Crippen molar-refractivity contribution in [2.75, 3.05) is 25.1 Å². The highest BCUT2D eigenvalue weighted by molar-refractivity contribution is 5.80. The standard InChI is InChI=1S/C12H14FNO3/c1-17-10-5-3-2-4-9(10)14-7-6-12(13,8-14)11(15)16/h2-5H,6-8H2,1H3,(H,15,16). The quantitative estimate of drug-likeness (QED) is 0.872. The van der Waals surface area contributed by atoms with Gasteiger partial charge in [-0.25, -0.2) is 9.18 Å². The van der Waals surface area contributed by atoms with Crippen LogP contribution in [0.5, 0.6) is 5.75 Å². The van der Waals surface area contributed by atoms with E-state index in [9.17, 15) is 9.18 Å². The number of carboxylic acids is 1. The van der Waals surface area contributed by atoms with Gasteiger partial charge < -0.3 is 14.7 Å². The van der Waals surface area contributed by atoms with Crippen LogP contribution in [0, 0.1) is 0 Å². The fourth-order valence-electron chi connectivity index (χ4n) is 2.04. The number of methoxy groups -OCH3 is 1. The van der Waals surface area contributed by atoms with E-state index in [-0.39, 0.29) is 13.0 Å². The second-order valence-corrected chi connectivity index (χ2v) is 4.11. The molecule has 1 heterocycles. The van der Waals surface area contributed by atoms with Gasteiger partial charge in [-0.1, -0.05) is 12.1 Å². The molecule has 1 atom stereocenters. The van der Waals surface area contributed by atoms with E-state index in [0.717, 1.165) is 5.69 Å². The van der Waals surface area contributed by atoms with E-state index < -0.39 is 11.6 Å². The maximum absolute atomic E-state index is 13.9. The van der Waals surface area contributed by atoms with Gasteiger partial charge in [0.2, 0.25) is 5.67 Å². The van der Waals surface area contributed by atoms with E-state index in [1.165, 1.54) is 7.11 Å². The second kappa shape index (κ2) is 4.24. The number of ether oxygens (including phenoxy) is 1. The number of carbonyl (C=O) groups is 1. The molecule has 1 saturated heterocycles. The van der Waals surface area contributed by atoms with Gasteiger partial charge in [0.05, 0.1) is 19.3 Å². The van der Waals surface area contributed by atoms with Gasteiger partial charge in [0.15, 0.2) is 0 Å². The van der Waals surface area contributed by atoms with Crippen LogP contribution in [-0.4, -0.2) is 36.9 Å². The second-order valence-electron chi connectivity index (χ2n) is 4.11. The van der Waals surface area contributed by atoms with Crippen molar-refractivity contribution in [2.24, 2.45) is 0 Å². The van der Waals surface area contributed by atoms with Gasteiger partial charge in [-0.15, -0.1) is 0 Å². The lowest BCUT2D eigenvalue weighted by molar-refractivity contribution is -0.149. The lowest BCUT2D eigenvalue weighted by Crippen LogP contribution is -2.37. The first-order valence-electron chi connectivity index (χ1n) is 5.37. The van der Waals surface area contributed by atoms with Gasteiger partial charge >= 0.3 is 5.97 Å². The first kappa shape index (κ1) is 11.7. The number of para-hydroxylation sites is 2. The van der Waals surface area contributed by atoms with Crippen molar-refractivity contribution >= 4 is 11.7 Å². The van der Waals surface area contributed by atoms with Gasteiger partial charge in [-0.05, 0) is 12.1 Å². The van der Waals surface area contributed by atoms with Crippen molar-refractivity contribution in [2.45, 2.75) is 12.1 Å². The number of nitrogens with zero attached hydrogens (tertiary/aromatic N) is 1. The molecule has 0 saturated carbocycles. The van der Waals surface area contributed by atoms with Crippen molar-refractivity contribution in [1.29, 1.82) is 0 Å². The summed E-state index contributed by atoms with van der Waals surface area (Å²) < 4.78 is 19.1. The van der Waals surface area contributed by atoms with Gasteiger partial charge in [0, 0.05) is 13.0 Å². The predicted molar refractivity (Wildman–Crippen MR) is 61.3 cm³/mol. The lowest BCUT2D eigenvalue weighted by Gasteiger charge is -2.21. The van der Waals surface area contributed by atoms with E-state index in [1.807, 2.05) is 12.1 Å². The summed E-state index contributed by atoms with van der Waals surface area (Å²) >= 11 is 0. The molecule has 1 N–H and O–H groups in total. The van der Waals surface area contributed by atoms with Gasteiger partial charge in [-0.3, -0.25) is 0 Å². The van der Waals surface area contributed by atoms with Crippen LogP contribution >= 0.6 is 0 Å². The summed E-state index contributed by atoms with van der Waals surface area (Å²) in [5.41, 5.74) is -1.42. The highest BCUT2D eigenvalue weighted by Crippen LogP contribution is 2.35. The zero-order chi connectivity index (χ0) is 12.5. The number of hydrogen-bond donors (Lipinski definition) is 1. The highest BCUT2D eigenvalue weighted by atomic mass is 19.1. The van der Waals surface area contributed by atoms with Crippen LogP contribution in [0.15, 0.2) is 24.3 Å². The minimum atomic E-state index is -2.15. The first-order chi connectivity index (χ1) is 8.07. The summed E-state index contributed by atoms with van der Waals surface area (Å²) in [6, 6.07) is 7.20. The molecule has 17 heavy (non-hydrogen) atoms. The largest absolute Gasteiger partial charge is 0.495 e. The first-order valence-corrected chi connectivity index (χ1v) is 5.37. The number of hydrogen-bond acceptors (Lipinski definition) is 3. The molecule has 5 heteroatoms. The number of anilines is 1. The Morgan fingerprint density at radius 1 is 1.53 bits per heavy atom. The normalized spacial score (nSPS) is 23.8. The Bertz CT molecular complexity index is 438. The highest BCUT2D eigenvalue weighted by Gasteiger charge is 2.45. The van der Waals surface area contributed by atoms with E-state index >= 15 is 0 Å². The number of rotatable bonds is 3. The summed E-state index contributed by atoms with van der Waals surface area (Å²) in [7, 11) is 1.54. The number of carboxylic acid groups (broad SMARTS) is 1. The molecule has 1 aliphatic heterocycles. The van der Waals surface area contributed by atoms with E-state index in [2.05, 4.69) is 0 Å². The van der Waals surface area contributed by atoms with Crippen molar-refractivity contribution in [3.8, 4) is 5.75 Å². The third-order valence-electron chi connectivity index (χ3n) is 3.03. The van der Waals surface area contributed by atoms with Crippen LogP contribution in [0.4, 0.5) is 10.1 Å². The average Bonchev–Trinajstić information content (AvgIpc) is 2.73. The Hall–Kier alpha value is -1.78. The molecule has 0 amide bonds. The smallest absolute Gasteiger partial charge is 0.343 e. The molecule has 1 fully saturated rings. The van der Waals surface area contributed by atoms with Crippen LogP contribution in [0.25, 0.3) is 0 Å². The molecule has 0 aromatic heterocycles. The fraction of sp³-hybridized carbons (Fsp3) is 0.417. The molecule has 0 bridgehead atoms. The molecule has 1 aromatic carbocycles. The molecule has 0 radical (unpaired) electrons. The minimum Gasteiger partial charge on any atom is -0.495 e. The van der Waals surface area contributed by atoms with E-state index in [0.29, 0.717) is 12.3 Å². The summed E-state index contributed by atoms with van der Waals surface area (Å²) in [4.78, 5) is 12.5. The number of halogens is 1. The summed E-state index contributed by atoms with van der Waals surface area (Å²) in [6.45, 7) is 0.242. The lowest BCUT2D eigenvalue weighted by atomic mass is 10.1. The Morgan fingerprint density at radius 3 is 2.82 bits per heavy atom. The monoisotopic (exact) mass is 239 g/mol. The van der Waals surface area contributed by atoms with Crippen LogP contribution in [0.1, 0.15) is 6.42 Å². The molecule has 1 aromatic rings. The molecular formula is C12H14FNO3.